The molecule has 0 aromatic rings. The van der Waals surface area contributed by atoms with Crippen LogP contribution in [0.25, 0.3) is 10.4 Å². The molecule has 1 aliphatic rings. The normalized spacial score (nSPS) is 19.6. The smallest absolute Gasteiger partial charge is 0.156 e. The van der Waals surface area contributed by atoms with E-state index in [0.29, 0.717) is 5.82 Å². The van der Waals surface area contributed by atoms with Crippen LogP contribution in [0.1, 0.15) is 32.1 Å². The molecule has 0 amide bonds. The Morgan fingerprint density at radius 2 is 2.00 bits per heavy atom. The van der Waals surface area contributed by atoms with Gasteiger partial charge in [-0.1, -0.05) is 37.9 Å². The van der Waals surface area contributed by atoms with Gasteiger partial charge < -0.3 is 0 Å². The molecule has 4 heteroatoms. The minimum absolute atomic E-state index is 0.560. The highest BCUT2D eigenvalue weighted by Crippen LogP contribution is 2.27. The Labute approximate surface area is 61.7 Å². The maximum Gasteiger partial charge on any atom is 0.223 e. The minimum atomic E-state index is 0.560. The van der Waals surface area contributed by atoms with Gasteiger partial charge in [-0.05, 0) is 10.4 Å². The number of rotatable bonds is 2. The summed E-state index contributed by atoms with van der Waals surface area (Å²) in [5.41, 5.74) is 8.02. The molecule has 1 rings (SSSR count). The molecule has 0 atom stereocenters. The maximum absolute atomic E-state index is 8.02. The zero-order valence-corrected chi connectivity index (χ0v) is 6.03. The van der Waals surface area contributed by atoms with E-state index >= 15 is 0 Å². The highest BCUT2D eigenvalue weighted by atomic mass is 15.1. The molecule has 1 aliphatic carbocycles. The van der Waals surface area contributed by atoms with Crippen LogP contribution in [0.3, 0.4) is 0 Å². The first-order chi connectivity index (χ1) is 4.93. The van der Waals surface area contributed by atoms with Crippen LogP contribution in [0.15, 0.2) is 5.03 Å². The molecule has 0 aliphatic heterocycles. The molecule has 0 spiro atoms. The van der Waals surface area contributed by atoms with Gasteiger partial charge in [0, 0.05) is 0 Å². The Balaban J connectivity index is 2.19. The monoisotopic (exact) mass is 136 g/mol. The molecule has 0 aromatic carbocycles. The third-order valence-electron chi connectivity index (χ3n) is 1.98. The van der Waals surface area contributed by atoms with Crippen LogP contribution in [0, 0.1) is 0 Å². The van der Waals surface area contributed by atoms with Crippen molar-refractivity contribution in [3.63, 3.8) is 0 Å². The van der Waals surface area contributed by atoms with Crippen molar-refractivity contribution < 1.29 is 0 Å². The van der Waals surface area contributed by atoms with Gasteiger partial charge in [0.05, 0.1) is 0 Å². The molecule has 3 nitrogen and oxygen atoms in total. The third kappa shape index (κ3) is 2.32. The van der Waals surface area contributed by atoms with Crippen molar-refractivity contribution in [1.29, 1.82) is 0 Å². The molecule has 1 fully saturated rings. The zero-order valence-electron chi connectivity index (χ0n) is 6.03. The van der Waals surface area contributed by atoms with Gasteiger partial charge in [-0.2, -0.15) is 5.03 Å². The topological polar surface area (TPSA) is 48.8 Å². The summed E-state index contributed by atoms with van der Waals surface area (Å²) in [6.45, 7) is 0. The Morgan fingerprint density at radius 1 is 1.30 bits per heavy atom. The van der Waals surface area contributed by atoms with Crippen molar-refractivity contribution in [3.8, 4) is 0 Å². The molecule has 1 radical (unpaired) electrons. The Kier molecular flexibility index (Phi) is 3.17. The van der Waals surface area contributed by atoms with Gasteiger partial charge in [-0.3, -0.25) is 0 Å². The van der Waals surface area contributed by atoms with Crippen molar-refractivity contribution in [2.45, 2.75) is 37.9 Å². The Hall–Kier alpha value is -0.625. The average molecular weight is 136 g/mol. The van der Waals surface area contributed by atoms with Crippen LogP contribution in [-0.4, -0.2) is 7.41 Å². The second kappa shape index (κ2) is 4.23. The van der Waals surface area contributed by atoms with E-state index < -0.39 is 0 Å². The molecular formula is C6H11BN3. The fourth-order valence-corrected chi connectivity index (χ4v) is 1.41. The standard InChI is InChI=1S/C6H11BN3/c8-10-9-7-6-4-2-1-3-5-6/h6H,1-5H2. The van der Waals surface area contributed by atoms with Crippen LogP contribution in [-0.2, 0) is 0 Å². The lowest BCUT2D eigenvalue weighted by atomic mass is 9.68. The highest BCUT2D eigenvalue weighted by Gasteiger charge is 2.12. The summed E-state index contributed by atoms with van der Waals surface area (Å²) in [6, 6.07) is 0. The van der Waals surface area contributed by atoms with Crippen molar-refractivity contribution >= 4 is 7.41 Å². The van der Waals surface area contributed by atoms with E-state index in [1.54, 1.807) is 7.41 Å². The summed E-state index contributed by atoms with van der Waals surface area (Å²) < 4.78 is 0. The van der Waals surface area contributed by atoms with E-state index in [1.807, 2.05) is 0 Å². The molecule has 1 saturated carbocycles. The number of hydrogen-bond donors (Lipinski definition) is 0. The predicted octanol–water partition coefficient (Wildman–Crippen LogP) is 2.67. The predicted molar refractivity (Wildman–Crippen MR) is 41.7 cm³/mol. The fraction of sp³-hybridized carbons (Fsp3) is 1.00. The SMILES string of the molecule is [N-]=[N+]=N[B]C1CCCCC1. The van der Waals surface area contributed by atoms with Gasteiger partial charge >= 0.3 is 0 Å². The molecule has 0 aromatic heterocycles. The van der Waals surface area contributed by atoms with E-state index in [1.165, 1.54) is 32.1 Å². The number of azide groups is 1. The fourth-order valence-electron chi connectivity index (χ4n) is 1.41. The quantitative estimate of drug-likeness (QED) is 0.242. The van der Waals surface area contributed by atoms with Crippen molar-refractivity contribution in [2.75, 3.05) is 0 Å². The van der Waals surface area contributed by atoms with Gasteiger partial charge in [-0.25, -0.2) is 0 Å². The zero-order chi connectivity index (χ0) is 7.23. The first kappa shape index (κ1) is 7.48. The van der Waals surface area contributed by atoms with Crippen LogP contribution in [0.4, 0.5) is 0 Å². The lowest BCUT2D eigenvalue weighted by Gasteiger charge is -2.18. The van der Waals surface area contributed by atoms with Crippen LogP contribution < -0.4 is 0 Å². The van der Waals surface area contributed by atoms with E-state index in [2.05, 4.69) is 9.94 Å². The summed E-state index contributed by atoms with van der Waals surface area (Å²) in [4.78, 5) is 2.70. The molecule has 0 saturated heterocycles. The summed E-state index contributed by atoms with van der Waals surface area (Å²) >= 11 is 0. The highest BCUT2D eigenvalue weighted by molar-refractivity contribution is 6.35. The second-order valence-corrected chi connectivity index (χ2v) is 2.75. The van der Waals surface area contributed by atoms with Crippen LogP contribution in [0.2, 0.25) is 5.82 Å². The molecule has 0 heterocycles. The maximum atomic E-state index is 8.02. The van der Waals surface area contributed by atoms with Gasteiger partial charge in [0.15, 0.2) is 0 Å². The average Bonchev–Trinajstić information content (AvgIpc) is 2.03. The van der Waals surface area contributed by atoms with E-state index in [-0.39, 0.29) is 0 Å². The number of hydrogen-bond acceptors (Lipinski definition) is 1. The van der Waals surface area contributed by atoms with Gasteiger partial charge in [-0.15, -0.1) is 0 Å². The van der Waals surface area contributed by atoms with Crippen LogP contribution >= 0.6 is 0 Å². The van der Waals surface area contributed by atoms with Crippen molar-refractivity contribution in [1.82, 2.24) is 0 Å². The first-order valence-corrected chi connectivity index (χ1v) is 3.81. The molecule has 0 bridgehead atoms. The second-order valence-electron chi connectivity index (χ2n) is 2.75. The van der Waals surface area contributed by atoms with Crippen molar-refractivity contribution in [2.24, 2.45) is 5.03 Å². The first-order valence-electron chi connectivity index (χ1n) is 3.81. The Bertz CT molecular complexity index is 136. The lowest BCUT2D eigenvalue weighted by Crippen LogP contribution is -2.05. The van der Waals surface area contributed by atoms with Gasteiger partial charge in [0.2, 0.25) is 7.41 Å². The van der Waals surface area contributed by atoms with Crippen LogP contribution in [0.5, 0.6) is 0 Å². The Morgan fingerprint density at radius 3 is 2.60 bits per heavy atom. The molecule has 0 N–H and O–H groups in total. The lowest BCUT2D eigenvalue weighted by molar-refractivity contribution is 0.500. The molecule has 10 heavy (non-hydrogen) atoms. The van der Waals surface area contributed by atoms with Gasteiger partial charge in [0.1, 0.15) is 0 Å². The summed E-state index contributed by atoms with van der Waals surface area (Å²) in [5, 5.41) is 3.45. The van der Waals surface area contributed by atoms with E-state index in [0.717, 1.165) is 0 Å². The van der Waals surface area contributed by atoms with E-state index in [4.69, 9.17) is 5.53 Å². The van der Waals surface area contributed by atoms with Crippen molar-refractivity contribution in [3.05, 3.63) is 10.4 Å². The largest absolute Gasteiger partial charge is 0.223 e. The molecule has 53 valence electrons. The summed E-state index contributed by atoms with van der Waals surface area (Å²) in [5.74, 6) is 0.560. The number of nitrogens with zero attached hydrogens (tertiary/aromatic N) is 3. The summed E-state index contributed by atoms with van der Waals surface area (Å²) in [6.07, 6.45) is 6.35. The van der Waals surface area contributed by atoms with Gasteiger partial charge in [0.25, 0.3) is 0 Å². The van der Waals surface area contributed by atoms with E-state index in [9.17, 15) is 0 Å². The molecule has 0 unspecified atom stereocenters. The third-order valence-corrected chi connectivity index (χ3v) is 1.98. The summed E-state index contributed by atoms with van der Waals surface area (Å²) in [7, 11) is 1.75. The molecular weight excluding hydrogens is 125 g/mol. The minimum Gasteiger partial charge on any atom is -0.156 e.